The van der Waals surface area contributed by atoms with E-state index in [2.05, 4.69) is 5.10 Å². The van der Waals surface area contributed by atoms with Crippen LogP contribution in [0.4, 0.5) is 10.2 Å². The second-order valence-electron chi connectivity index (χ2n) is 3.24. The molecule has 0 aliphatic heterocycles. The minimum atomic E-state index is -0.520. The Labute approximate surface area is 85.8 Å². The summed E-state index contributed by atoms with van der Waals surface area (Å²) >= 11 is 0. The summed E-state index contributed by atoms with van der Waals surface area (Å²) in [6.07, 6.45) is 0. The fourth-order valence-electron chi connectivity index (χ4n) is 1.33. The predicted octanol–water partition coefficient (Wildman–Crippen LogP) is 1.51. The molecule has 78 valence electrons. The molecule has 0 saturated heterocycles. The van der Waals surface area contributed by atoms with Crippen LogP contribution in [0.1, 0.15) is 0 Å². The Morgan fingerprint density at radius 3 is 2.67 bits per heavy atom. The molecule has 0 radical (unpaired) electrons. The normalized spacial score (nSPS) is 10.5. The second-order valence-corrected chi connectivity index (χ2v) is 3.24. The lowest BCUT2D eigenvalue weighted by Gasteiger charge is -1.99. The average molecular weight is 207 g/mol. The second kappa shape index (κ2) is 3.27. The SMILES string of the molecule is Cn1nc(-c2ccc(O)cc2F)cc1N. The lowest BCUT2D eigenvalue weighted by molar-refractivity contribution is 0.469. The number of anilines is 1. The van der Waals surface area contributed by atoms with Crippen LogP contribution in [-0.2, 0) is 7.05 Å². The highest BCUT2D eigenvalue weighted by molar-refractivity contribution is 5.63. The molecule has 0 atom stereocenters. The smallest absolute Gasteiger partial charge is 0.136 e. The summed E-state index contributed by atoms with van der Waals surface area (Å²) in [7, 11) is 1.68. The van der Waals surface area contributed by atoms with Crippen molar-refractivity contribution in [3.05, 3.63) is 30.1 Å². The molecule has 0 fully saturated rings. The molecule has 0 amide bonds. The minimum Gasteiger partial charge on any atom is -0.508 e. The van der Waals surface area contributed by atoms with Crippen LogP contribution in [0.15, 0.2) is 24.3 Å². The van der Waals surface area contributed by atoms with E-state index in [0.29, 0.717) is 17.1 Å². The van der Waals surface area contributed by atoms with Gasteiger partial charge in [0.1, 0.15) is 17.4 Å². The van der Waals surface area contributed by atoms with Crippen LogP contribution in [0.3, 0.4) is 0 Å². The number of nitrogens with zero attached hydrogens (tertiary/aromatic N) is 2. The third-order valence-electron chi connectivity index (χ3n) is 2.14. The highest BCUT2D eigenvalue weighted by Crippen LogP contribution is 2.25. The molecule has 1 aromatic heterocycles. The number of phenolic OH excluding ortho intramolecular Hbond substituents is 1. The molecule has 15 heavy (non-hydrogen) atoms. The van der Waals surface area contributed by atoms with E-state index in [1.54, 1.807) is 13.1 Å². The van der Waals surface area contributed by atoms with Crippen LogP contribution >= 0.6 is 0 Å². The molecule has 0 saturated carbocycles. The summed E-state index contributed by atoms with van der Waals surface area (Å²) in [4.78, 5) is 0. The van der Waals surface area contributed by atoms with Crippen molar-refractivity contribution in [3.8, 4) is 17.0 Å². The standard InChI is InChI=1S/C10H10FN3O/c1-14-10(12)5-9(13-14)7-3-2-6(15)4-8(7)11/h2-5,15H,12H2,1H3. The molecule has 2 rings (SSSR count). The van der Waals surface area contributed by atoms with Gasteiger partial charge in [-0.05, 0) is 12.1 Å². The van der Waals surface area contributed by atoms with Crippen LogP contribution < -0.4 is 5.73 Å². The van der Waals surface area contributed by atoms with Gasteiger partial charge >= 0.3 is 0 Å². The zero-order valence-electron chi connectivity index (χ0n) is 8.11. The Balaban J connectivity index is 2.54. The summed E-state index contributed by atoms with van der Waals surface area (Å²) in [5, 5.41) is 13.1. The number of nitrogens with two attached hydrogens (primary N) is 1. The first-order chi connectivity index (χ1) is 7.08. The minimum absolute atomic E-state index is 0.111. The summed E-state index contributed by atoms with van der Waals surface area (Å²) in [5.41, 5.74) is 6.36. The van der Waals surface area contributed by atoms with Gasteiger partial charge in [-0.3, -0.25) is 4.68 Å². The summed E-state index contributed by atoms with van der Waals surface area (Å²) in [5.74, 6) is -0.175. The van der Waals surface area contributed by atoms with E-state index in [9.17, 15) is 4.39 Å². The van der Waals surface area contributed by atoms with Crippen LogP contribution in [-0.4, -0.2) is 14.9 Å². The maximum absolute atomic E-state index is 13.4. The van der Waals surface area contributed by atoms with Gasteiger partial charge in [-0.15, -0.1) is 0 Å². The number of benzene rings is 1. The first-order valence-electron chi connectivity index (χ1n) is 4.36. The molecule has 0 spiro atoms. The number of hydrogen-bond donors (Lipinski definition) is 2. The van der Waals surface area contributed by atoms with Gasteiger partial charge in [-0.1, -0.05) is 0 Å². The van der Waals surface area contributed by atoms with Gasteiger partial charge in [0.25, 0.3) is 0 Å². The van der Waals surface area contributed by atoms with Crippen LogP contribution in [0.25, 0.3) is 11.3 Å². The van der Waals surface area contributed by atoms with Gasteiger partial charge in [0.15, 0.2) is 0 Å². The molecule has 1 aromatic carbocycles. The fraction of sp³-hybridized carbons (Fsp3) is 0.100. The van der Waals surface area contributed by atoms with Crippen molar-refractivity contribution in [1.29, 1.82) is 0 Å². The van der Waals surface area contributed by atoms with E-state index < -0.39 is 5.82 Å². The third kappa shape index (κ3) is 1.63. The molecule has 2 aromatic rings. The van der Waals surface area contributed by atoms with E-state index in [4.69, 9.17) is 10.8 Å². The molecule has 0 aliphatic rings. The van der Waals surface area contributed by atoms with Gasteiger partial charge in [0.2, 0.25) is 0 Å². The van der Waals surface area contributed by atoms with E-state index in [1.165, 1.54) is 16.8 Å². The zero-order chi connectivity index (χ0) is 11.0. The number of phenols is 1. The Morgan fingerprint density at radius 1 is 1.40 bits per heavy atom. The van der Waals surface area contributed by atoms with Crippen molar-refractivity contribution in [3.63, 3.8) is 0 Å². The molecule has 0 aliphatic carbocycles. The maximum atomic E-state index is 13.4. The third-order valence-corrected chi connectivity index (χ3v) is 2.14. The van der Waals surface area contributed by atoms with Gasteiger partial charge in [-0.25, -0.2) is 4.39 Å². The number of halogens is 1. The molecular weight excluding hydrogens is 197 g/mol. The van der Waals surface area contributed by atoms with E-state index >= 15 is 0 Å². The average Bonchev–Trinajstić information content (AvgIpc) is 2.46. The topological polar surface area (TPSA) is 64.1 Å². The van der Waals surface area contributed by atoms with Crippen molar-refractivity contribution in [2.24, 2.45) is 7.05 Å². The van der Waals surface area contributed by atoms with Gasteiger partial charge in [0, 0.05) is 24.7 Å². The lowest BCUT2D eigenvalue weighted by Crippen LogP contribution is -1.96. The predicted molar refractivity (Wildman–Crippen MR) is 54.7 cm³/mol. The fourth-order valence-corrected chi connectivity index (χ4v) is 1.33. The maximum Gasteiger partial charge on any atom is 0.136 e. The van der Waals surface area contributed by atoms with Crippen molar-refractivity contribution >= 4 is 5.82 Å². The number of rotatable bonds is 1. The number of aromatic hydroxyl groups is 1. The number of aryl methyl sites for hydroxylation is 1. The summed E-state index contributed by atoms with van der Waals surface area (Å²) < 4.78 is 14.9. The van der Waals surface area contributed by atoms with Gasteiger partial charge in [-0.2, -0.15) is 5.10 Å². The summed E-state index contributed by atoms with van der Waals surface area (Å²) in [6, 6.07) is 5.49. The number of nitrogen functional groups attached to an aromatic ring is 1. The lowest BCUT2D eigenvalue weighted by atomic mass is 10.1. The molecule has 1 heterocycles. The Hall–Kier alpha value is -2.04. The largest absolute Gasteiger partial charge is 0.508 e. The van der Waals surface area contributed by atoms with Crippen LogP contribution in [0.5, 0.6) is 5.75 Å². The van der Waals surface area contributed by atoms with E-state index in [1.807, 2.05) is 0 Å². The van der Waals surface area contributed by atoms with Crippen molar-refractivity contribution in [1.82, 2.24) is 9.78 Å². The van der Waals surface area contributed by atoms with Crippen LogP contribution in [0, 0.1) is 5.82 Å². The monoisotopic (exact) mass is 207 g/mol. The highest BCUT2D eigenvalue weighted by atomic mass is 19.1. The Morgan fingerprint density at radius 2 is 2.13 bits per heavy atom. The molecule has 3 N–H and O–H groups in total. The Bertz CT molecular complexity index is 488. The van der Waals surface area contributed by atoms with Gasteiger partial charge < -0.3 is 10.8 Å². The van der Waals surface area contributed by atoms with Crippen molar-refractivity contribution in [2.45, 2.75) is 0 Å². The molecule has 4 nitrogen and oxygen atoms in total. The molecule has 0 bridgehead atoms. The van der Waals surface area contributed by atoms with E-state index in [-0.39, 0.29) is 5.75 Å². The van der Waals surface area contributed by atoms with Gasteiger partial charge in [0.05, 0.1) is 5.69 Å². The van der Waals surface area contributed by atoms with Crippen LogP contribution in [0.2, 0.25) is 0 Å². The summed E-state index contributed by atoms with van der Waals surface area (Å²) in [6.45, 7) is 0. The number of aromatic nitrogens is 2. The zero-order valence-corrected chi connectivity index (χ0v) is 8.11. The first-order valence-corrected chi connectivity index (χ1v) is 4.36. The van der Waals surface area contributed by atoms with E-state index in [0.717, 1.165) is 6.07 Å². The quantitative estimate of drug-likeness (QED) is 0.745. The first kappa shape index (κ1) is 9.51. The number of hydrogen-bond acceptors (Lipinski definition) is 3. The van der Waals surface area contributed by atoms with Crippen molar-refractivity contribution in [2.75, 3.05) is 5.73 Å². The molecular formula is C10H10FN3O. The molecule has 0 unspecified atom stereocenters. The molecule has 5 heteroatoms. The Kier molecular flexibility index (Phi) is 2.07. The highest BCUT2D eigenvalue weighted by Gasteiger charge is 2.10. The van der Waals surface area contributed by atoms with Crippen molar-refractivity contribution < 1.29 is 9.50 Å².